The van der Waals surface area contributed by atoms with Crippen LogP contribution < -0.4 is 11.2 Å². The molecule has 0 saturated carbocycles. The fraction of sp³-hybridized carbons (Fsp3) is 0.452. The maximum atomic E-state index is 13.9. The summed E-state index contributed by atoms with van der Waals surface area (Å²) in [5, 5.41) is 20.9. The number of aliphatic hydroxyl groups is 1. The number of ether oxygens (including phenoxy) is 2. The number of methoxy groups -OCH3 is 1. The molecule has 4 aliphatic heterocycles. The SMILES string of the molecule is C=CC1CN2CCC1CC2C(OC)(c1cn(CC2OC(n3cc(F)c(=O)[nH]c3=O)CC2O)nn1)c1ccnc2ccccc12.Cl.Cl. The molecule has 0 radical (unpaired) electrons. The van der Waals surface area contributed by atoms with Crippen LogP contribution in [0.15, 0.2) is 71.2 Å². The van der Waals surface area contributed by atoms with Gasteiger partial charge >= 0.3 is 5.69 Å². The number of H-pyrrole nitrogens is 1. The minimum Gasteiger partial charge on any atom is -0.390 e. The molecule has 12 nitrogen and oxygen atoms in total. The smallest absolute Gasteiger partial charge is 0.330 e. The number of aromatic amines is 1. The summed E-state index contributed by atoms with van der Waals surface area (Å²) in [4.78, 5) is 32.8. The Bertz CT molecular complexity index is 1830. The van der Waals surface area contributed by atoms with E-state index in [-0.39, 0.29) is 43.8 Å². The van der Waals surface area contributed by atoms with Gasteiger partial charge in [0.25, 0.3) is 5.56 Å². The van der Waals surface area contributed by atoms with Gasteiger partial charge in [0, 0.05) is 43.3 Å². The van der Waals surface area contributed by atoms with Gasteiger partial charge in [-0.1, -0.05) is 29.5 Å². The molecule has 4 saturated heterocycles. The first kappa shape index (κ1) is 33.9. The molecule has 4 aromatic rings. The van der Waals surface area contributed by atoms with Crippen molar-refractivity contribution < 1.29 is 19.0 Å². The highest BCUT2D eigenvalue weighted by molar-refractivity contribution is 5.85. The molecule has 2 N–H and O–H groups in total. The van der Waals surface area contributed by atoms with E-state index in [0.717, 1.165) is 53.2 Å². The summed E-state index contributed by atoms with van der Waals surface area (Å²) in [6.45, 7) is 6.03. The number of aliphatic hydroxyl groups excluding tert-OH is 1. The molecule has 0 aliphatic carbocycles. The number of hydrogen-bond acceptors (Lipinski definition) is 9. The molecule has 3 aromatic heterocycles. The normalized spacial score (nSPS) is 28.3. The third-order valence-electron chi connectivity index (χ3n) is 9.67. The number of aromatic nitrogens is 6. The Morgan fingerprint density at radius 2 is 2.02 bits per heavy atom. The lowest BCUT2D eigenvalue weighted by atomic mass is 9.68. The zero-order chi connectivity index (χ0) is 30.6. The molecule has 246 valence electrons. The van der Waals surface area contributed by atoms with Crippen LogP contribution in [0.4, 0.5) is 4.39 Å². The Kier molecular flexibility index (Phi) is 9.83. The number of para-hydroxylation sites is 1. The average Bonchev–Trinajstić information content (AvgIpc) is 3.66. The zero-order valence-electron chi connectivity index (χ0n) is 25.1. The van der Waals surface area contributed by atoms with Gasteiger partial charge in [-0.15, -0.1) is 36.5 Å². The monoisotopic (exact) mass is 675 g/mol. The summed E-state index contributed by atoms with van der Waals surface area (Å²) in [6.07, 6.45) is 5.81. The van der Waals surface area contributed by atoms with Crippen molar-refractivity contribution in [1.29, 1.82) is 0 Å². The fourth-order valence-corrected chi connectivity index (χ4v) is 7.48. The minimum absolute atomic E-state index is 0. The van der Waals surface area contributed by atoms with E-state index in [0.29, 0.717) is 17.5 Å². The second-order valence-electron chi connectivity index (χ2n) is 11.9. The molecule has 7 heterocycles. The van der Waals surface area contributed by atoms with Gasteiger partial charge in [0.05, 0.1) is 30.6 Å². The molecule has 4 aliphatic rings. The molecule has 46 heavy (non-hydrogen) atoms. The first-order valence-electron chi connectivity index (χ1n) is 14.8. The summed E-state index contributed by atoms with van der Waals surface area (Å²) in [6, 6.07) is 9.93. The van der Waals surface area contributed by atoms with Gasteiger partial charge in [-0.25, -0.2) is 9.48 Å². The molecule has 15 heteroatoms. The standard InChI is InChI=1S/C31H34FN7O5.2ClH/c1-3-18-14-37-11-9-19(18)12-27(37)31(43-2,21-8-10-33-23-7-5-4-6-20(21)23)26-17-38(36-35-26)16-25-24(40)13-28(44-25)39-15-22(32)29(41)34-30(39)42;;/h3-8,10,15,17-19,24-25,27-28,40H,1,9,11-14,16H2,2H3,(H,34,41,42);2*1H. The van der Waals surface area contributed by atoms with Crippen molar-refractivity contribution in [3.63, 3.8) is 0 Å². The van der Waals surface area contributed by atoms with Gasteiger partial charge in [0.1, 0.15) is 18.0 Å². The van der Waals surface area contributed by atoms with Gasteiger partial charge in [-0.2, -0.15) is 4.39 Å². The number of piperidine rings is 3. The number of pyridine rings is 1. The van der Waals surface area contributed by atoms with Crippen LogP contribution in [0.25, 0.3) is 10.9 Å². The van der Waals surface area contributed by atoms with Crippen molar-refractivity contribution in [3.8, 4) is 0 Å². The summed E-state index contributed by atoms with van der Waals surface area (Å²) < 4.78 is 29.0. The Hall–Kier alpha value is -3.46. The lowest BCUT2D eigenvalue weighted by Gasteiger charge is -2.55. The summed E-state index contributed by atoms with van der Waals surface area (Å²) in [5.41, 5.74) is -0.496. The number of nitrogens with one attached hydrogen (secondary N) is 1. The number of hydrogen-bond donors (Lipinski definition) is 2. The maximum absolute atomic E-state index is 13.9. The number of halogens is 3. The van der Waals surface area contributed by atoms with Crippen LogP contribution in [0.2, 0.25) is 0 Å². The summed E-state index contributed by atoms with van der Waals surface area (Å²) >= 11 is 0. The third-order valence-corrected chi connectivity index (χ3v) is 9.67. The van der Waals surface area contributed by atoms with E-state index in [9.17, 15) is 19.1 Å². The molecule has 0 amide bonds. The van der Waals surface area contributed by atoms with Crippen LogP contribution >= 0.6 is 24.8 Å². The van der Waals surface area contributed by atoms with Crippen molar-refractivity contribution in [1.82, 2.24) is 34.4 Å². The van der Waals surface area contributed by atoms with Gasteiger partial charge < -0.3 is 14.6 Å². The summed E-state index contributed by atoms with van der Waals surface area (Å²) in [5.74, 6) is -0.227. The topological polar surface area (TPSA) is 140 Å². The van der Waals surface area contributed by atoms with Gasteiger partial charge in [-0.3, -0.25) is 24.2 Å². The molecule has 0 spiro atoms. The van der Waals surface area contributed by atoms with Crippen molar-refractivity contribution >= 4 is 35.7 Å². The quantitative estimate of drug-likeness (QED) is 0.270. The van der Waals surface area contributed by atoms with E-state index < -0.39 is 41.1 Å². The largest absolute Gasteiger partial charge is 0.390 e. The Labute approximate surface area is 276 Å². The highest BCUT2D eigenvalue weighted by Crippen LogP contribution is 2.49. The third kappa shape index (κ3) is 5.58. The minimum atomic E-state index is -1.11. The predicted octanol–water partition coefficient (Wildman–Crippen LogP) is 2.79. The van der Waals surface area contributed by atoms with E-state index in [2.05, 4.69) is 32.9 Å². The first-order valence-corrected chi connectivity index (χ1v) is 14.8. The van der Waals surface area contributed by atoms with Crippen molar-refractivity contribution in [2.75, 3.05) is 20.2 Å². The van der Waals surface area contributed by atoms with Crippen molar-refractivity contribution in [2.24, 2.45) is 11.8 Å². The van der Waals surface area contributed by atoms with Crippen molar-refractivity contribution in [3.05, 3.63) is 99.5 Å². The number of fused-ring (bicyclic) bond motifs is 4. The molecule has 8 rings (SSSR count). The molecule has 8 atom stereocenters. The highest BCUT2D eigenvalue weighted by Gasteiger charge is 2.54. The van der Waals surface area contributed by atoms with Gasteiger partial charge in [0.2, 0.25) is 5.82 Å². The van der Waals surface area contributed by atoms with E-state index in [1.54, 1.807) is 18.0 Å². The predicted molar refractivity (Wildman–Crippen MR) is 172 cm³/mol. The molecule has 2 bridgehead atoms. The average molecular weight is 677 g/mol. The molecular weight excluding hydrogens is 640 g/mol. The Morgan fingerprint density at radius 3 is 2.76 bits per heavy atom. The van der Waals surface area contributed by atoms with Gasteiger partial charge in [-0.05, 0) is 43.4 Å². The summed E-state index contributed by atoms with van der Waals surface area (Å²) in [7, 11) is 1.71. The number of nitrogens with zero attached hydrogens (tertiary/aromatic N) is 6. The van der Waals surface area contributed by atoms with Crippen LogP contribution in [0.1, 0.15) is 36.7 Å². The molecule has 1 aromatic carbocycles. The molecular formula is C31H36Cl2FN7O5. The first-order chi connectivity index (χ1) is 21.3. The molecule has 8 unspecified atom stereocenters. The zero-order valence-corrected chi connectivity index (χ0v) is 26.7. The van der Waals surface area contributed by atoms with Crippen LogP contribution in [-0.4, -0.2) is 78.0 Å². The van der Waals surface area contributed by atoms with E-state index in [1.807, 2.05) is 41.5 Å². The molecule has 4 fully saturated rings. The van der Waals surface area contributed by atoms with E-state index in [4.69, 9.17) is 9.47 Å². The number of benzene rings is 1. The number of rotatable bonds is 8. The lowest BCUT2D eigenvalue weighted by molar-refractivity contribution is -0.108. The second-order valence-corrected chi connectivity index (χ2v) is 11.9. The van der Waals surface area contributed by atoms with Crippen molar-refractivity contribution in [2.45, 2.75) is 55.9 Å². The Balaban J connectivity index is 0.00000208. The van der Waals surface area contributed by atoms with Crippen LogP contribution in [-0.2, 0) is 21.6 Å². The highest BCUT2D eigenvalue weighted by atomic mass is 35.5. The maximum Gasteiger partial charge on any atom is 0.330 e. The Morgan fingerprint density at radius 1 is 1.22 bits per heavy atom. The van der Waals surface area contributed by atoms with E-state index >= 15 is 0 Å². The van der Waals surface area contributed by atoms with Gasteiger partial charge in [0.15, 0.2) is 5.60 Å². The van der Waals surface area contributed by atoms with E-state index in [1.165, 1.54) is 0 Å². The van der Waals surface area contributed by atoms with Crippen LogP contribution in [0, 0.1) is 17.7 Å². The fourth-order valence-electron chi connectivity index (χ4n) is 7.48. The lowest BCUT2D eigenvalue weighted by Crippen LogP contribution is -2.61. The van der Waals surface area contributed by atoms with Crippen LogP contribution in [0.5, 0.6) is 0 Å². The second kappa shape index (κ2) is 13.3. The van der Waals surface area contributed by atoms with Crippen LogP contribution in [0.3, 0.4) is 0 Å².